The van der Waals surface area contributed by atoms with Crippen LogP contribution >= 0.6 is 0 Å². The molecule has 2 fully saturated rings. The van der Waals surface area contributed by atoms with Gasteiger partial charge in [0.2, 0.25) is 0 Å². The molecule has 0 spiro atoms. The molecule has 0 amide bonds. The highest BCUT2D eigenvalue weighted by Gasteiger charge is 2.33. The van der Waals surface area contributed by atoms with Gasteiger partial charge in [0.05, 0.1) is 6.10 Å². The Morgan fingerprint density at radius 2 is 2.12 bits per heavy atom. The van der Waals surface area contributed by atoms with E-state index >= 15 is 0 Å². The second kappa shape index (κ2) is 6.17. The van der Waals surface area contributed by atoms with E-state index in [4.69, 9.17) is 0 Å². The maximum atomic E-state index is 10.1. The van der Waals surface area contributed by atoms with Gasteiger partial charge in [-0.2, -0.15) is 0 Å². The highest BCUT2D eigenvalue weighted by molar-refractivity contribution is 4.87. The topological polar surface area (TPSA) is 35.5 Å². The number of rotatable bonds is 6. The summed E-state index contributed by atoms with van der Waals surface area (Å²) in [6.45, 7) is 5.66. The van der Waals surface area contributed by atoms with Gasteiger partial charge >= 0.3 is 0 Å². The van der Waals surface area contributed by atoms with Gasteiger partial charge in [0.15, 0.2) is 0 Å². The minimum atomic E-state index is -0.0293. The SMILES string of the molecule is CCCNC1CC(CC(O)C2CC2)CN(C)C1. The van der Waals surface area contributed by atoms with Crippen LogP contribution in [-0.4, -0.2) is 48.8 Å². The summed E-state index contributed by atoms with van der Waals surface area (Å²) in [5, 5.41) is 13.7. The molecule has 2 rings (SSSR count). The third kappa shape index (κ3) is 4.23. The Kier molecular flexibility index (Phi) is 4.83. The van der Waals surface area contributed by atoms with Gasteiger partial charge in [-0.05, 0) is 57.5 Å². The van der Waals surface area contributed by atoms with E-state index in [0.717, 1.165) is 26.1 Å². The smallest absolute Gasteiger partial charge is 0.0571 e. The van der Waals surface area contributed by atoms with Gasteiger partial charge in [0, 0.05) is 19.1 Å². The van der Waals surface area contributed by atoms with Crippen molar-refractivity contribution in [1.29, 1.82) is 0 Å². The summed E-state index contributed by atoms with van der Waals surface area (Å²) in [5.41, 5.74) is 0. The fraction of sp³-hybridized carbons (Fsp3) is 1.00. The Labute approximate surface area is 106 Å². The number of aliphatic hydroxyl groups excluding tert-OH is 1. The molecular formula is C14H28N2O. The molecule has 1 aliphatic heterocycles. The van der Waals surface area contributed by atoms with Crippen LogP contribution < -0.4 is 5.32 Å². The average Bonchev–Trinajstić information content (AvgIpc) is 3.09. The Balaban J connectivity index is 1.76. The maximum Gasteiger partial charge on any atom is 0.0571 e. The van der Waals surface area contributed by atoms with E-state index in [-0.39, 0.29) is 6.10 Å². The number of hydrogen-bond donors (Lipinski definition) is 2. The zero-order valence-electron chi connectivity index (χ0n) is 11.4. The van der Waals surface area contributed by atoms with Gasteiger partial charge in [-0.3, -0.25) is 0 Å². The Bertz CT molecular complexity index is 230. The second-order valence-electron chi connectivity index (χ2n) is 6.11. The lowest BCUT2D eigenvalue weighted by Gasteiger charge is -2.37. The first-order valence-corrected chi connectivity index (χ1v) is 7.29. The van der Waals surface area contributed by atoms with Crippen LogP contribution in [-0.2, 0) is 0 Å². The average molecular weight is 240 g/mol. The minimum Gasteiger partial charge on any atom is -0.393 e. The summed E-state index contributed by atoms with van der Waals surface area (Å²) < 4.78 is 0. The van der Waals surface area contributed by atoms with Crippen molar-refractivity contribution in [3.8, 4) is 0 Å². The molecule has 3 nitrogen and oxygen atoms in total. The zero-order valence-corrected chi connectivity index (χ0v) is 11.4. The summed E-state index contributed by atoms with van der Waals surface area (Å²) in [7, 11) is 2.20. The molecule has 0 aromatic carbocycles. The highest BCUT2D eigenvalue weighted by atomic mass is 16.3. The van der Waals surface area contributed by atoms with Crippen LogP contribution in [0.5, 0.6) is 0 Å². The number of aliphatic hydroxyl groups is 1. The molecule has 2 N–H and O–H groups in total. The molecule has 1 heterocycles. The Morgan fingerprint density at radius 1 is 1.35 bits per heavy atom. The molecule has 3 unspecified atom stereocenters. The molecule has 0 radical (unpaired) electrons. The summed E-state index contributed by atoms with van der Waals surface area (Å²) >= 11 is 0. The lowest BCUT2D eigenvalue weighted by atomic mass is 9.88. The van der Waals surface area contributed by atoms with Crippen LogP contribution in [0.1, 0.15) is 39.0 Å². The summed E-state index contributed by atoms with van der Waals surface area (Å²) in [6, 6.07) is 0.630. The van der Waals surface area contributed by atoms with E-state index in [1.54, 1.807) is 0 Å². The van der Waals surface area contributed by atoms with Crippen LogP contribution in [0.15, 0.2) is 0 Å². The third-order valence-corrected chi connectivity index (χ3v) is 4.14. The van der Waals surface area contributed by atoms with E-state index in [1.165, 1.54) is 25.7 Å². The molecule has 3 atom stereocenters. The maximum absolute atomic E-state index is 10.1. The van der Waals surface area contributed by atoms with Gasteiger partial charge in [-0.1, -0.05) is 6.92 Å². The first-order valence-electron chi connectivity index (χ1n) is 7.29. The van der Waals surface area contributed by atoms with Crippen LogP contribution in [0, 0.1) is 11.8 Å². The molecule has 3 heteroatoms. The van der Waals surface area contributed by atoms with Crippen LogP contribution in [0.4, 0.5) is 0 Å². The molecule has 1 aliphatic carbocycles. The number of likely N-dealkylation sites (tertiary alicyclic amines) is 1. The third-order valence-electron chi connectivity index (χ3n) is 4.14. The van der Waals surface area contributed by atoms with E-state index < -0.39 is 0 Å². The van der Waals surface area contributed by atoms with Crippen molar-refractivity contribution in [3.63, 3.8) is 0 Å². The predicted octanol–water partition coefficient (Wildman–Crippen LogP) is 1.47. The van der Waals surface area contributed by atoms with Crippen molar-refractivity contribution in [2.45, 2.75) is 51.2 Å². The van der Waals surface area contributed by atoms with Gasteiger partial charge < -0.3 is 15.3 Å². The normalized spacial score (nSPS) is 32.6. The van der Waals surface area contributed by atoms with Crippen LogP contribution in [0.25, 0.3) is 0 Å². The molecule has 17 heavy (non-hydrogen) atoms. The van der Waals surface area contributed by atoms with Gasteiger partial charge in [0.1, 0.15) is 0 Å². The number of nitrogens with zero attached hydrogens (tertiary/aromatic N) is 1. The van der Waals surface area contributed by atoms with Crippen LogP contribution in [0.3, 0.4) is 0 Å². The summed E-state index contributed by atoms with van der Waals surface area (Å²) in [4.78, 5) is 2.42. The molecular weight excluding hydrogens is 212 g/mol. The fourth-order valence-corrected chi connectivity index (χ4v) is 3.13. The van der Waals surface area contributed by atoms with E-state index in [2.05, 4.69) is 24.2 Å². The van der Waals surface area contributed by atoms with E-state index in [1.807, 2.05) is 0 Å². The van der Waals surface area contributed by atoms with Gasteiger partial charge in [0.25, 0.3) is 0 Å². The Morgan fingerprint density at radius 3 is 2.76 bits per heavy atom. The van der Waals surface area contributed by atoms with Crippen molar-refractivity contribution in [3.05, 3.63) is 0 Å². The largest absolute Gasteiger partial charge is 0.393 e. The lowest BCUT2D eigenvalue weighted by molar-refractivity contribution is 0.0840. The van der Waals surface area contributed by atoms with Crippen molar-refractivity contribution in [2.75, 3.05) is 26.7 Å². The van der Waals surface area contributed by atoms with Crippen molar-refractivity contribution >= 4 is 0 Å². The molecule has 0 aromatic heterocycles. The van der Waals surface area contributed by atoms with Gasteiger partial charge in [-0.25, -0.2) is 0 Å². The first-order chi connectivity index (χ1) is 8.19. The van der Waals surface area contributed by atoms with Crippen molar-refractivity contribution in [1.82, 2.24) is 10.2 Å². The molecule has 2 aliphatic rings. The van der Waals surface area contributed by atoms with Gasteiger partial charge in [-0.15, -0.1) is 0 Å². The quantitative estimate of drug-likeness (QED) is 0.738. The van der Waals surface area contributed by atoms with E-state index in [9.17, 15) is 5.11 Å². The number of hydrogen-bond acceptors (Lipinski definition) is 3. The number of nitrogens with one attached hydrogen (secondary N) is 1. The van der Waals surface area contributed by atoms with Crippen molar-refractivity contribution in [2.24, 2.45) is 11.8 Å². The minimum absolute atomic E-state index is 0.0293. The van der Waals surface area contributed by atoms with Crippen molar-refractivity contribution < 1.29 is 5.11 Å². The number of piperidine rings is 1. The fourth-order valence-electron chi connectivity index (χ4n) is 3.13. The molecule has 0 bridgehead atoms. The molecule has 1 saturated carbocycles. The highest BCUT2D eigenvalue weighted by Crippen LogP contribution is 2.36. The summed E-state index contributed by atoms with van der Waals surface area (Å²) in [5.74, 6) is 1.31. The molecule has 1 saturated heterocycles. The first kappa shape index (κ1) is 13.3. The van der Waals surface area contributed by atoms with E-state index in [0.29, 0.717) is 17.9 Å². The lowest BCUT2D eigenvalue weighted by Crippen LogP contribution is -2.48. The standard InChI is InChI=1S/C14H28N2O/c1-3-6-15-13-7-11(9-16(2)10-13)8-14(17)12-4-5-12/h11-15,17H,3-10H2,1-2H3. The zero-order chi connectivity index (χ0) is 12.3. The Hall–Kier alpha value is -0.120. The number of likely N-dealkylation sites (N-methyl/N-ethyl adjacent to an activating group) is 1. The second-order valence-corrected chi connectivity index (χ2v) is 6.11. The monoisotopic (exact) mass is 240 g/mol. The van der Waals surface area contributed by atoms with Crippen LogP contribution in [0.2, 0.25) is 0 Å². The molecule has 100 valence electrons. The molecule has 0 aromatic rings. The predicted molar refractivity (Wildman–Crippen MR) is 71.0 cm³/mol. The summed E-state index contributed by atoms with van der Waals surface area (Å²) in [6.07, 6.45) is 5.93.